The summed E-state index contributed by atoms with van der Waals surface area (Å²) in [5.41, 5.74) is 2.84. The molecule has 27 heavy (non-hydrogen) atoms. The SMILES string of the molecule is Cc1cc(C)c2c(-n3cccc3)c(C(=O)NCC(=O)N3CCCC3)sc2n1. The lowest BCUT2D eigenvalue weighted by molar-refractivity contribution is -0.129. The Balaban J connectivity index is 1.68. The number of amides is 2. The molecule has 0 aromatic carbocycles. The van der Waals surface area contributed by atoms with Crippen LogP contribution in [0.1, 0.15) is 33.8 Å². The van der Waals surface area contributed by atoms with Gasteiger partial charge in [0, 0.05) is 36.6 Å². The number of nitrogens with zero attached hydrogens (tertiary/aromatic N) is 3. The van der Waals surface area contributed by atoms with E-state index in [1.54, 1.807) is 0 Å². The minimum absolute atomic E-state index is 0.0189. The first-order valence-electron chi connectivity index (χ1n) is 9.14. The molecule has 0 spiro atoms. The van der Waals surface area contributed by atoms with Gasteiger partial charge in [0.1, 0.15) is 9.71 Å². The van der Waals surface area contributed by atoms with E-state index in [0.717, 1.165) is 53.1 Å². The number of aryl methyl sites for hydroxylation is 2. The third-order valence-corrected chi connectivity index (χ3v) is 5.96. The van der Waals surface area contributed by atoms with Crippen molar-refractivity contribution in [3.63, 3.8) is 0 Å². The summed E-state index contributed by atoms with van der Waals surface area (Å²) in [5, 5.41) is 3.80. The number of thiophene rings is 1. The van der Waals surface area contributed by atoms with Crippen molar-refractivity contribution >= 4 is 33.4 Å². The molecule has 0 unspecified atom stereocenters. The standard InChI is InChI=1S/C20H22N4O2S/c1-13-11-14(2)22-20-16(13)17(24-9-5-6-10-24)18(27-20)19(26)21-12-15(25)23-7-3-4-8-23/h5-6,9-11H,3-4,7-8,12H2,1-2H3,(H,21,26). The fourth-order valence-electron chi connectivity index (χ4n) is 3.62. The molecule has 3 aromatic rings. The molecule has 0 radical (unpaired) electrons. The first kappa shape index (κ1) is 17.7. The minimum atomic E-state index is -0.230. The zero-order chi connectivity index (χ0) is 19.0. The van der Waals surface area contributed by atoms with Crippen LogP contribution in [0.5, 0.6) is 0 Å². The van der Waals surface area contributed by atoms with Gasteiger partial charge >= 0.3 is 0 Å². The van der Waals surface area contributed by atoms with E-state index >= 15 is 0 Å². The van der Waals surface area contributed by atoms with Gasteiger partial charge in [-0.15, -0.1) is 11.3 Å². The van der Waals surface area contributed by atoms with E-state index in [2.05, 4.69) is 10.3 Å². The number of nitrogens with one attached hydrogen (secondary N) is 1. The molecule has 0 saturated carbocycles. The summed E-state index contributed by atoms with van der Waals surface area (Å²) >= 11 is 1.37. The molecule has 3 aromatic heterocycles. The van der Waals surface area contributed by atoms with Crippen LogP contribution in [0, 0.1) is 13.8 Å². The third-order valence-electron chi connectivity index (χ3n) is 4.89. The molecule has 140 valence electrons. The van der Waals surface area contributed by atoms with E-state index < -0.39 is 0 Å². The lowest BCUT2D eigenvalue weighted by Gasteiger charge is -2.15. The first-order valence-corrected chi connectivity index (χ1v) is 9.96. The molecule has 7 heteroatoms. The van der Waals surface area contributed by atoms with Crippen LogP contribution in [-0.4, -0.2) is 45.9 Å². The van der Waals surface area contributed by atoms with Crippen LogP contribution in [0.3, 0.4) is 0 Å². The van der Waals surface area contributed by atoms with Crippen molar-refractivity contribution in [1.29, 1.82) is 0 Å². The van der Waals surface area contributed by atoms with Gasteiger partial charge in [-0.05, 0) is 50.5 Å². The molecule has 4 heterocycles. The lowest BCUT2D eigenvalue weighted by Crippen LogP contribution is -2.38. The Bertz CT molecular complexity index is 1000. The Kier molecular flexibility index (Phi) is 4.70. The maximum Gasteiger partial charge on any atom is 0.264 e. The van der Waals surface area contributed by atoms with Gasteiger partial charge in [-0.3, -0.25) is 9.59 Å². The van der Waals surface area contributed by atoms with Gasteiger partial charge in [-0.2, -0.15) is 0 Å². The van der Waals surface area contributed by atoms with Gasteiger partial charge in [-0.25, -0.2) is 4.98 Å². The van der Waals surface area contributed by atoms with Crippen LogP contribution in [-0.2, 0) is 4.79 Å². The number of likely N-dealkylation sites (tertiary alicyclic amines) is 1. The molecule has 0 aliphatic carbocycles. The molecular formula is C20H22N4O2S. The summed E-state index contributed by atoms with van der Waals surface area (Å²) in [7, 11) is 0. The average molecular weight is 382 g/mol. The molecule has 2 amide bonds. The van der Waals surface area contributed by atoms with Crippen LogP contribution in [0.15, 0.2) is 30.6 Å². The second-order valence-electron chi connectivity index (χ2n) is 6.90. The Labute approximate surface area is 161 Å². The summed E-state index contributed by atoms with van der Waals surface area (Å²) in [6.45, 7) is 5.60. The van der Waals surface area contributed by atoms with Crippen molar-refractivity contribution in [3.05, 3.63) is 46.7 Å². The van der Waals surface area contributed by atoms with Crippen molar-refractivity contribution in [2.45, 2.75) is 26.7 Å². The highest BCUT2D eigenvalue weighted by atomic mass is 32.1. The van der Waals surface area contributed by atoms with E-state index in [4.69, 9.17) is 0 Å². The molecule has 1 aliphatic rings. The van der Waals surface area contributed by atoms with E-state index in [0.29, 0.717) is 4.88 Å². The highest BCUT2D eigenvalue weighted by Gasteiger charge is 2.24. The van der Waals surface area contributed by atoms with Gasteiger partial charge in [0.2, 0.25) is 5.91 Å². The molecule has 0 atom stereocenters. The Morgan fingerprint density at radius 1 is 1.19 bits per heavy atom. The second-order valence-corrected chi connectivity index (χ2v) is 7.90. The fraction of sp³-hybridized carbons (Fsp3) is 0.350. The maximum absolute atomic E-state index is 12.9. The van der Waals surface area contributed by atoms with Gasteiger partial charge in [0.05, 0.1) is 12.2 Å². The summed E-state index contributed by atoms with van der Waals surface area (Å²) in [6, 6.07) is 5.89. The van der Waals surface area contributed by atoms with Crippen molar-refractivity contribution in [2.24, 2.45) is 0 Å². The quantitative estimate of drug-likeness (QED) is 0.754. The second kappa shape index (κ2) is 7.15. The number of hydrogen-bond donors (Lipinski definition) is 1. The van der Waals surface area contributed by atoms with Gasteiger partial charge in [0.25, 0.3) is 5.91 Å². The normalized spacial score (nSPS) is 14.1. The first-order chi connectivity index (χ1) is 13.0. The molecule has 1 saturated heterocycles. The van der Waals surface area contributed by atoms with E-state index in [-0.39, 0.29) is 18.4 Å². The zero-order valence-electron chi connectivity index (χ0n) is 15.5. The Hall–Kier alpha value is -2.67. The topological polar surface area (TPSA) is 67.2 Å². The molecule has 1 N–H and O–H groups in total. The number of hydrogen-bond acceptors (Lipinski definition) is 4. The molecule has 6 nitrogen and oxygen atoms in total. The summed E-state index contributed by atoms with van der Waals surface area (Å²) < 4.78 is 1.94. The van der Waals surface area contributed by atoms with Crippen LogP contribution >= 0.6 is 11.3 Å². The Morgan fingerprint density at radius 3 is 2.59 bits per heavy atom. The molecule has 1 fully saturated rings. The highest BCUT2D eigenvalue weighted by molar-refractivity contribution is 7.21. The van der Waals surface area contributed by atoms with E-state index in [1.807, 2.05) is 53.9 Å². The van der Waals surface area contributed by atoms with Gasteiger partial charge < -0.3 is 14.8 Å². The lowest BCUT2D eigenvalue weighted by atomic mass is 10.1. The molecule has 1 aliphatic heterocycles. The summed E-state index contributed by atoms with van der Waals surface area (Å²) in [4.78, 5) is 33.0. The number of fused-ring (bicyclic) bond motifs is 1. The van der Waals surface area contributed by atoms with Crippen molar-refractivity contribution in [2.75, 3.05) is 19.6 Å². The number of carbonyl (C=O) groups excluding carboxylic acids is 2. The highest BCUT2D eigenvalue weighted by Crippen LogP contribution is 2.35. The van der Waals surface area contributed by atoms with Crippen molar-refractivity contribution in [3.8, 4) is 5.69 Å². The maximum atomic E-state index is 12.9. The fourth-order valence-corrected chi connectivity index (χ4v) is 4.83. The van der Waals surface area contributed by atoms with Crippen LogP contribution in [0.25, 0.3) is 15.9 Å². The molecular weight excluding hydrogens is 360 g/mol. The van der Waals surface area contributed by atoms with Crippen molar-refractivity contribution < 1.29 is 9.59 Å². The van der Waals surface area contributed by atoms with Crippen molar-refractivity contribution in [1.82, 2.24) is 19.8 Å². The summed E-state index contributed by atoms with van der Waals surface area (Å²) in [6.07, 6.45) is 5.93. The molecule has 4 rings (SSSR count). The van der Waals surface area contributed by atoms with Crippen LogP contribution < -0.4 is 5.32 Å². The average Bonchev–Trinajstić information content (AvgIpc) is 3.37. The predicted octanol–water partition coefficient (Wildman–Crippen LogP) is 3.06. The molecule has 0 bridgehead atoms. The number of carbonyl (C=O) groups is 2. The number of rotatable bonds is 4. The van der Waals surface area contributed by atoms with Crippen LogP contribution in [0.2, 0.25) is 0 Å². The number of pyridine rings is 1. The van der Waals surface area contributed by atoms with Crippen LogP contribution in [0.4, 0.5) is 0 Å². The Morgan fingerprint density at radius 2 is 1.89 bits per heavy atom. The number of aromatic nitrogens is 2. The van der Waals surface area contributed by atoms with Gasteiger partial charge in [-0.1, -0.05) is 0 Å². The largest absolute Gasteiger partial charge is 0.342 e. The van der Waals surface area contributed by atoms with E-state index in [9.17, 15) is 9.59 Å². The monoisotopic (exact) mass is 382 g/mol. The smallest absolute Gasteiger partial charge is 0.264 e. The predicted molar refractivity (Wildman–Crippen MR) is 107 cm³/mol. The van der Waals surface area contributed by atoms with Gasteiger partial charge in [0.15, 0.2) is 0 Å². The summed E-state index contributed by atoms with van der Waals surface area (Å²) in [5.74, 6) is -0.249. The minimum Gasteiger partial charge on any atom is -0.342 e. The zero-order valence-corrected chi connectivity index (χ0v) is 16.3. The third kappa shape index (κ3) is 3.35. The van der Waals surface area contributed by atoms with E-state index in [1.165, 1.54) is 11.3 Å².